The fraction of sp³-hybridized carbons (Fsp3) is 0.308. The first kappa shape index (κ1) is 17.8. The Labute approximate surface area is 144 Å². The Hall–Kier alpha value is -1.55. The molecule has 0 radical (unpaired) electrons. The summed E-state index contributed by atoms with van der Waals surface area (Å²) in [5, 5.41) is 10.9. The van der Waals surface area contributed by atoms with Gasteiger partial charge in [0, 0.05) is 5.75 Å². The minimum absolute atomic E-state index is 0. The molecule has 0 bridgehead atoms. The fourth-order valence-corrected chi connectivity index (χ4v) is 2.79. The van der Waals surface area contributed by atoms with Gasteiger partial charge in [-0.15, -0.1) is 27.2 Å². The molecular weight excluding hydrogens is 397 g/mol. The van der Waals surface area contributed by atoms with Crippen molar-refractivity contribution in [2.45, 2.75) is 18.3 Å². The molecule has 2 aromatic rings. The third-order valence-corrected chi connectivity index (χ3v) is 3.85. The average Bonchev–Trinajstić information content (AvgIpc) is 2.91. The van der Waals surface area contributed by atoms with E-state index in [1.54, 1.807) is 24.3 Å². The van der Waals surface area contributed by atoms with Gasteiger partial charge < -0.3 is 4.74 Å². The van der Waals surface area contributed by atoms with Crippen molar-refractivity contribution in [3.63, 3.8) is 0 Å². The number of nitrogens with zero attached hydrogens (tertiary/aromatic N) is 4. The Bertz CT molecular complexity index is 715. The lowest BCUT2D eigenvalue weighted by molar-refractivity contribution is -0.147. The largest absolute Gasteiger partial charge is 0.494 e. The molecule has 10 heteroatoms. The first-order valence-electron chi connectivity index (χ1n) is 6.45. The maximum absolute atomic E-state index is 12.9. The number of benzene rings is 1. The number of rotatable bonds is 3. The minimum atomic E-state index is -4.59. The van der Waals surface area contributed by atoms with Crippen molar-refractivity contribution < 1.29 is 17.9 Å². The van der Waals surface area contributed by atoms with Crippen LogP contribution in [0, 0.1) is 0 Å². The van der Waals surface area contributed by atoms with Crippen LogP contribution in [-0.4, -0.2) is 32.9 Å². The molecule has 124 valence electrons. The van der Waals surface area contributed by atoms with Crippen LogP contribution in [0.2, 0.25) is 0 Å². The molecule has 0 saturated heterocycles. The lowest BCUT2D eigenvalue weighted by Gasteiger charge is -2.14. The van der Waals surface area contributed by atoms with E-state index in [0.717, 1.165) is 10.2 Å². The predicted molar refractivity (Wildman–Crippen MR) is 85.6 cm³/mol. The van der Waals surface area contributed by atoms with Gasteiger partial charge in [-0.2, -0.15) is 22.9 Å². The topological polar surface area (TPSA) is 52.3 Å². The summed E-state index contributed by atoms with van der Waals surface area (Å²) in [6, 6.07) is 7.07. The molecule has 1 aliphatic rings. The van der Waals surface area contributed by atoms with Crippen LogP contribution < -0.4 is 4.74 Å². The van der Waals surface area contributed by atoms with E-state index in [9.17, 15) is 13.2 Å². The molecule has 0 unspecified atom stereocenters. The smallest absolute Gasteiger partial charge is 0.453 e. The standard InChI is InChI=1S/C13H11F3N4OS.BrH/c1-2-21-9-5-3-8(4-6-9)10-7-22-12-18-17-11(13(14,15)16)20(12)19-10;/h3-6H,2,7H2,1H3;1H. The third-order valence-electron chi connectivity index (χ3n) is 2.92. The van der Waals surface area contributed by atoms with Crippen molar-refractivity contribution in [2.24, 2.45) is 5.10 Å². The maximum atomic E-state index is 12.9. The number of thioether (sulfide) groups is 1. The van der Waals surface area contributed by atoms with Crippen LogP contribution in [0.4, 0.5) is 13.2 Å². The van der Waals surface area contributed by atoms with E-state index in [4.69, 9.17) is 4.74 Å². The highest BCUT2D eigenvalue weighted by Crippen LogP contribution is 2.32. The van der Waals surface area contributed by atoms with Gasteiger partial charge in [0.05, 0.1) is 12.3 Å². The summed E-state index contributed by atoms with van der Waals surface area (Å²) in [5.74, 6) is 0.0265. The highest BCUT2D eigenvalue weighted by molar-refractivity contribution is 8.93. The van der Waals surface area contributed by atoms with Gasteiger partial charge in [-0.1, -0.05) is 11.8 Å². The minimum Gasteiger partial charge on any atom is -0.494 e. The van der Waals surface area contributed by atoms with Crippen LogP contribution in [0.3, 0.4) is 0 Å². The van der Waals surface area contributed by atoms with Gasteiger partial charge in [0.15, 0.2) is 0 Å². The van der Waals surface area contributed by atoms with Crippen LogP contribution in [0.1, 0.15) is 18.3 Å². The van der Waals surface area contributed by atoms with E-state index < -0.39 is 12.0 Å². The number of ether oxygens (including phenoxy) is 1. The molecule has 1 aliphatic heterocycles. The van der Waals surface area contributed by atoms with Crippen LogP contribution in [0.25, 0.3) is 0 Å². The lowest BCUT2D eigenvalue weighted by atomic mass is 10.1. The molecule has 3 rings (SSSR count). The zero-order chi connectivity index (χ0) is 15.7. The number of halogens is 4. The van der Waals surface area contributed by atoms with E-state index in [2.05, 4.69) is 15.3 Å². The van der Waals surface area contributed by atoms with Crippen molar-refractivity contribution in [2.75, 3.05) is 12.4 Å². The Balaban J connectivity index is 0.00000192. The van der Waals surface area contributed by atoms with E-state index in [-0.39, 0.29) is 22.1 Å². The Morgan fingerprint density at radius 1 is 1.22 bits per heavy atom. The van der Waals surface area contributed by atoms with Gasteiger partial charge in [0.1, 0.15) is 5.75 Å². The molecule has 5 nitrogen and oxygen atoms in total. The molecule has 1 aromatic heterocycles. The Kier molecular flexibility index (Phi) is 5.35. The molecule has 0 atom stereocenters. The van der Waals surface area contributed by atoms with Crippen LogP contribution in [-0.2, 0) is 6.18 Å². The van der Waals surface area contributed by atoms with Crippen molar-refractivity contribution in [3.8, 4) is 5.75 Å². The predicted octanol–water partition coefficient (Wildman–Crippen LogP) is 3.63. The highest BCUT2D eigenvalue weighted by Gasteiger charge is 2.39. The Morgan fingerprint density at radius 3 is 2.52 bits per heavy atom. The molecule has 0 N–H and O–H groups in total. The molecular formula is C13H12BrF3N4OS. The Morgan fingerprint density at radius 2 is 1.91 bits per heavy atom. The molecule has 0 aliphatic carbocycles. The van der Waals surface area contributed by atoms with Gasteiger partial charge in [0.25, 0.3) is 5.82 Å². The van der Waals surface area contributed by atoms with Crippen LogP contribution in [0.5, 0.6) is 5.75 Å². The first-order chi connectivity index (χ1) is 10.5. The molecule has 0 fully saturated rings. The molecule has 0 saturated carbocycles. The molecule has 0 amide bonds. The number of aromatic nitrogens is 3. The summed E-state index contributed by atoms with van der Waals surface area (Å²) < 4.78 is 44.7. The summed E-state index contributed by atoms with van der Waals surface area (Å²) in [5.41, 5.74) is 1.27. The number of alkyl halides is 3. The second-order valence-electron chi connectivity index (χ2n) is 4.41. The maximum Gasteiger partial charge on any atom is 0.453 e. The quantitative estimate of drug-likeness (QED) is 0.777. The number of hydrogen-bond donors (Lipinski definition) is 0. The van der Waals surface area contributed by atoms with Gasteiger partial charge in [-0.25, -0.2) is 0 Å². The van der Waals surface area contributed by atoms with Gasteiger partial charge in [0.2, 0.25) is 5.16 Å². The van der Waals surface area contributed by atoms with Crippen molar-refractivity contribution in [1.29, 1.82) is 0 Å². The second-order valence-corrected chi connectivity index (χ2v) is 5.35. The molecule has 2 heterocycles. The zero-order valence-electron chi connectivity index (χ0n) is 11.9. The molecule has 1 aromatic carbocycles. The fourth-order valence-electron chi connectivity index (χ4n) is 1.96. The first-order valence-corrected chi connectivity index (χ1v) is 7.44. The highest BCUT2D eigenvalue weighted by atomic mass is 79.9. The van der Waals surface area contributed by atoms with Crippen molar-refractivity contribution >= 4 is 34.5 Å². The number of fused-ring (bicyclic) bond motifs is 1. The number of hydrogen-bond acceptors (Lipinski definition) is 5. The van der Waals surface area contributed by atoms with E-state index >= 15 is 0 Å². The lowest BCUT2D eigenvalue weighted by Crippen LogP contribution is -2.18. The van der Waals surface area contributed by atoms with Crippen LogP contribution >= 0.6 is 28.7 Å². The summed E-state index contributed by atoms with van der Waals surface area (Å²) in [6.45, 7) is 2.43. The van der Waals surface area contributed by atoms with Gasteiger partial charge in [-0.05, 0) is 36.8 Å². The summed E-state index contributed by atoms with van der Waals surface area (Å²) in [6.07, 6.45) is -4.59. The van der Waals surface area contributed by atoms with Crippen molar-refractivity contribution in [3.05, 3.63) is 35.7 Å². The third kappa shape index (κ3) is 3.69. The molecule has 0 spiro atoms. The summed E-state index contributed by atoms with van der Waals surface area (Å²) >= 11 is 1.17. The zero-order valence-corrected chi connectivity index (χ0v) is 14.4. The average molecular weight is 409 g/mol. The SMILES string of the molecule is Br.CCOc1ccc(C2=Nn3c(nnc3C(F)(F)F)SC2)cc1. The van der Waals surface area contributed by atoms with Crippen LogP contribution in [0.15, 0.2) is 34.5 Å². The van der Waals surface area contributed by atoms with Gasteiger partial charge in [-0.3, -0.25) is 0 Å². The normalized spacial score (nSPS) is 13.8. The van der Waals surface area contributed by atoms with Crippen molar-refractivity contribution in [1.82, 2.24) is 14.9 Å². The monoisotopic (exact) mass is 408 g/mol. The summed E-state index contributed by atoms with van der Waals surface area (Å²) in [7, 11) is 0. The van der Waals surface area contributed by atoms with E-state index in [0.29, 0.717) is 23.8 Å². The molecule has 23 heavy (non-hydrogen) atoms. The summed E-state index contributed by atoms with van der Waals surface area (Å²) in [4.78, 5) is 0. The van der Waals surface area contributed by atoms with Gasteiger partial charge >= 0.3 is 6.18 Å². The second kappa shape index (κ2) is 6.91. The van der Waals surface area contributed by atoms with E-state index in [1.165, 1.54) is 11.8 Å². The van der Waals surface area contributed by atoms with E-state index in [1.807, 2.05) is 6.92 Å².